The second kappa shape index (κ2) is 8.32. The van der Waals surface area contributed by atoms with Crippen LogP contribution >= 0.6 is 11.3 Å². The minimum Gasteiger partial charge on any atom is -0.494 e. The van der Waals surface area contributed by atoms with Crippen LogP contribution in [0.2, 0.25) is 0 Å². The molecule has 1 amide bonds. The van der Waals surface area contributed by atoms with Gasteiger partial charge in [-0.3, -0.25) is 9.69 Å². The van der Waals surface area contributed by atoms with Crippen LogP contribution in [0.25, 0.3) is 10.2 Å². The number of nitrogens with zero attached hydrogens (tertiary/aromatic N) is 2. The number of fused-ring (bicyclic) bond motifs is 1. The maximum Gasteiger partial charge on any atom is 0.236 e. The number of aromatic nitrogens is 1. The Morgan fingerprint density at radius 2 is 1.88 bits per heavy atom. The molecule has 2 aromatic carbocycles. The second-order valence-electron chi connectivity index (χ2n) is 6.25. The molecule has 3 rings (SSSR count). The number of carbonyl (C=O) groups excluding carboxylic acids is 1. The molecule has 1 unspecified atom stereocenters. The largest absolute Gasteiger partial charge is 0.494 e. The summed E-state index contributed by atoms with van der Waals surface area (Å²) in [5.74, 6) is 0.822. The van der Waals surface area contributed by atoms with Crippen molar-refractivity contribution in [2.45, 2.75) is 33.6 Å². The van der Waals surface area contributed by atoms with Gasteiger partial charge in [0.05, 0.1) is 22.5 Å². The lowest BCUT2D eigenvalue weighted by Crippen LogP contribution is -2.31. The summed E-state index contributed by atoms with van der Waals surface area (Å²) in [6.45, 7) is 6.66. The van der Waals surface area contributed by atoms with E-state index in [9.17, 15) is 4.79 Å². The molecule has 0 fully saturated rings. The lowest BCUT2D eigenvalue weighted by Gasteiger charge is -2.23. The summed E-state index contributed by atoms with van der Waals surface area (Å²) in [5.41, 5.74) is 1.74. The molecule has 0 saturated heterocycles. The van der Waals surface area contributed by atoms with E-state index in [2.05, 4.69) is 6.92 Å². The Bertz CT molecular complexity index is 840. The van der Waals surface area contributed by atoms with Crippen LogP contribution in [0.15, 0.2) is 48.5 Å². The average molecular weight is 369 g/mol. The zero-order valence-electron chi connectivity index (χ0n) is 15.4. The Labute approximate surface area is 158 Å². The van der Waals surface area contributed by atoms with Crippen molar-refractivity contribution in [1.82, 2.24) is 4.98 Å². The number of thiazole rings is 1. The highest BCUT2D eigenvalue weighted by Crippen LogP contribution is 2.35. The Morgan fingerprint density at radius 1 is 1.15 bits per heavy atom. The van der Waals surface area contributed by atoms with Gasteiger partial charge in [-0.05, 0) is 49.7 Å². The number of carbonyl (C=O) groups is 1. The van der Waals surface area contributed by atoms with E-state index in [1.165, 1.54) is 0 Å². The van der Waals surface area contributed by atoms with Crippen molar-refractivity contribution >= 4 is 38.3 Å². The Kier molecular flexibility index (Phi) is 5.89. The number of hydrogen-bond donors (Lipinski definition) is 0. The number of para-hydroxylation sites is 1. The summed E-state index contributed by atoms with van der Waals surface area (Å²) in [5, 5.41) is 0.711. The number of amides is 1. The van der Waals surface area contributed by atoms with Crippen LogP contribution in [0.3, 0.4) is 0 Å². The predicted molar refractivity (Wildman–Crippen MR) is 108 cm³/mol. The highest BCUT2D eigenvalue weighted by Gasteiger charge is 2.25. The van der Waals surface area contributed by atoms with Gasteiger partial charge in [0, 0.05) is 5.92 Å². The summed E-state index contributed by atoms with van der Waals surface area (Å²) >= 11 is 1.54. The van der Waals surface area contributed by atoms with E-state index in [4.69, 9.17) is 9.72 Å². The molecule has 0 aliphatic rings. The molecule has 0 aliphatic heterocycles. The fourth-order valence-corrected chi connectivity index (χ4v) is 3.91. The normalized spacial score (nSPS) is 12.1. The first kappa shape index (κ1) is 18.4. The van der Waals surface area contributed by atoms with Crippen LogP contribution in [0.4, 0.5) is 10.8 Å². The molecular formula is C21H24N2O2S. The molecule has 3 aromatic rings. The van der Waals surface area contributed by atoms with E-state index in [0.717, 1.165) is 34.5 Å². The van der Waals surface area contributed by atoms with Crippen molar-refractivity contribution in [3.8, 4) is 5.75 Å². The van der Waals surface area contributed by atoms with Gasteiger partial charge < -0.3 is 4.74 Å². The third kappa shape index (κ3) is 3.88. The van der Waals surface area contributed by atoms with Gasteiger partial charge in [-0.15, -0.1) is 0 Å². The lowest BCUT2D eigenvalue weighted by molar-refractivity contribution is -0.121. The van der Waals surface area contributed by atoms with Gasteiger partial charge in [0.25, 0.3) is 0 Å². The van der Waals surface area contributed by atoms with Crippen LogP contribution in [0.5, 0.6) is 5.75 Å². The van der Waals surface area contributed by atoms with Crippen molar-refractivity contribution in [2.75, 3.05) is 11.5 Å². The van der Waals surface area contributed by atoms with Crippen molar-refractivity contribution in [1.29, 1.82) is 0 Å². The molecule has 1 aromatic heterocycles. The smallest absolute Gasteiger partial charge is 0.236 e. The van der Waals surface area contributed by atoms with Crippen molar-refractivity contribution in [2.24, 2.45) is 5.92 Å². The third-order valence-electron chi connectivity index (χ3n) is 4.24. The van der Waals surface area contributed by atoms with Gasteiger partial charge in [0.15, 0.2) is 5.13 Å². The third-order valence-corrected chi connectivity index (χ3v) is 5.27. The molecule has 5 heteroatoms. The van der Waals surface area contributed by atoms with Crippen LogP contribution in [0.1, 0.15) is 33.6 Å². The molecule has 4 nitrogen and oxygen atoms in total. The Balaban J connectivity index is 2.02. The first-order valence-corrected chi connectivity index (χ1v) is 9.88. The molecule has 1 atom stereocenters. The number of anilines is 2. The van der Waals surface area contributed by atoms with E-state index in [-0.39, 0.29) is 11.8 Å². The van der Waals surface area contributed by atoms with Crippen LogP contribution in [-0.2, 0) is 4.79 Å². The monoisotopic (exact) mass is 368 g/mol. The topological polar surface area (TPSA) is 42.4 Å². The maximum absolute atomic E-state index is 13.2. The molecule has 1 heterocycles. The van der Waals surface area contributed by atoms with Crippen molar-refractivity contribution in [3.63, 3.8) is 0 Å². The van der Waals surface area contributed by atoms with E-state index < -0.39 is 0 Å². The molecule has 0 saturated carbocycles. The van der Waals surface area contributed by atoms with Gasteiger partial charge >= 0.3 is 0 Å². The molecule has 136 valence electrons. The Morgan fingerprint density at radius 3 is 2.54 bits per heavy atom. The molecular weight excluding hydrogens is 344 g/mol. The van der Waals surface area contributed by atoms with Gasteiger partial charge in [-0.2, -0.15) is 0 Å². The molecule has 0 bridgehead atoms. The number of benzene rings is 2. The zero-order valence-corrected chi connectivity index (χ0v) is 16.3. The summed E-state index contributed by atoms with van der Waals surface area (Å²) in [6, 6.07) is 15.6. The number of rotatable bonds is 7. The second-order valence-corrected chi connectivity index (χ2v) is 7.26. The molecule has 0 spiro atoms. The van der Waals surface area contributed by atoms with E-state index >= 15 is 0 Å². The molecule has 26 heavy (non-hydrogen) atoms. The quantitative estimate of drug-likeness (QED) is 0.529. The SMILES string of the molecule is CCCC(C)C(=O)N(c1ccc(OCC)cc1)c1nc2ccccc2s1. The maximum atomic E-state index is 13.2. The van der Waals surface area contributed by atoms with Gasteiger partial charge in [-0.1, -0.05) is 43.7 Å². The van der Waals surface area contributed by atoms with Crippen LogP contribution in [0, 0.1) is 5.92 Å². The summed E-state index contributed by atoms with van der Waals surface area (Å²) in [7, 11) is 0. The number of hydrogen-bond acceptors (Lipinski definition) is 4. The highest BCUT2D eigenvalue weighted by atomic mass is 32.1. The molecule has 0 aliphatic carbocycles. The first-order valence-electron chi connectivity index (χ1n) is 9.06. The van der Waals surface area contributed by atoms with Crippen LogP contribution in [-0.4, -0.2) is 17.5 Å². The summed E-state index contributed by atoms with van der Waals surface area (Å²) in [6.07, 6.45) is 1.83. The minimum absolute atomic E-state index is 0.0569. The summed E-state index contributed by atoms with van der Waals surface area (Å²) < 4.78 is 6.60. The number of ether oxygens (including phenoxy) is 1. The van der Waals surface area contributed by atoms with E-state index in [1.807, 2.05) is 62.4 Å². The Hall–Kier alpha value is -2.40. The fourth-order valence-electron chi connectivity index (χ4n) is 2.92. The van der Waals surface area contributed by atoms with Gasteiger partial charge in [0.1, 0.15) is 5.75 Å². The van der Waals surface area contributed by atoms with E-state index in [0.29, 0.717) is 11.7 Å². The molecule has 0 radical (unpaired) electrons. The highest BCUT2D eigenvalue weighted by molar-refractivity contribution is 7.22. The predicted octanol–water partition coefficient (Wildman–Crippen LogP) is 5.80. The first-order chi connectivity index (χ1) is 12.6. The van der Waals surface area contributed by atoms with Crippen molar-refractivity contribution < 1.29 is 9.53 Å². The van der Waals surface area contributed by atoms with Gasteiger partial charge in [0.2, 0.25) is 5.91 Å². The lowest BCUT2D eigenvalue weighted by atomic mass is 10.0. The minimum atomic E-state index is -0.0569. The van der Waals surface area contributed by atoms with E-state index in [1.54, 1.807) is 16.2 Å². The molecule has 0 N–H and O–H groups in total. The fraction of sp³-hybridized carbons (Fsp3) is 0.333. The van der Waals surface area contributed by atoms with Crippen molar-refractivity contribution in [3.05, 3.63) is 48.5 Å². The zero-order chi connectivity index (χ0) is 18.5. The average Bonchev–Trinajstić information content (AvgIpc) is 3.07. The van der Waals surface area contributed by atoms with Crippen LogP contribution < -0.4 is 9.64 Å². The summed E-state index contributed by atoms with van der Waals surface area (Å²) in [4.78, 5) is 19.6. The standard InChI is InChI=1S/C21H24N2O2S/c1-4-8-15(3)20(24)23(16-11-13-17(14-12-16)25-5-2)21-22-18-9-6-7-10-19(18)26-21/h6-7,9-15H,4-5,8H2,1-3H3. The van der Waals surface area contributed by atoms with Gasteiger partial charge in [-0.25, -0.2) is 4.98 Å².